The predicted molar refractivity (Wildman–Crippen MR) is 141 cm³/mol. The first-order valence-electron chi connectivity index (χ1n) is 11.9. The second-order valence-corrected chi connectivity index (χ2v) is 13.9. The first-order valence-corrected chi connectivity index (χ1v) is 16.2. The molecule has 0 heterocycles. The Kier molecular flexibility index (Phi) is 12.2. The summed E-state index contributed by atoms with van der Waals surface area (Å²) in [6.45, 7) is 1.40. The number of hydrogen-bond acceptors (Lipinski definition) is 5. The number of anilines is 1. The number of carbonyl (C=O) groups excluding carboxylic acids is 1. The van der Waals surface area contributed by atoms with Gasteiger partial charge in [-0.15, -0.1) is 23.2 Å². The molecule has 2 rings (SSSR count). The number of aryl methyl sites for hydroxylation is 1. The molecule has 0 aliphatic heterocycles. The van der Waals surface area contributed by atoms with Gasteiger partial charge in [-0.05, 0) is 55.7 Å². The lowest BCUT2D eigenvalue weighted by atomic mass is 9.97. The van der Waals surface area contributed by atoms with E-state index in [4.69, 9.17) is 23.2 Å². The predicted octanol–water partition coefficient (Wildman–Crippen LogP) is 3.36. The quantitative estimate of drug-likeness (QED) is 0.133. The van der Waals surface area contributed by atoms with Crippen molar-refractivity contribution >= 4 is 50.0 Å². The molecule has 1 aliphatic rings. The molecule has 0 bridgehead atoms. The van der Waals surface area contributed by atoms with E-state index in [9.17, 15) is 38.6 Å². The SMILES string of the molecule is O=C(CCCc1ccc(N(CCCl)CCCl)cc1)NC1CCCC1CCC(O)(P(=O)(O)O)P(=O)(O)O. The van der Waals surface area contributed by atoms with Crippen molar-refractivity contribution in [3.8, 4) is 0 Å². The molecule has 0 aromatic heterocycles. The van der Waals surface area contributed by atoms with Crippen LogP contribution in [0.2, 0.25) is 0 Å². The molecule has 1 amide bonds. The Hall–Kier alpha value is -0.670. The highest BCUT2D eigenvalue weighted by atomic mass is 35.5. The molecule has 1 aliphatic carbocycles. The van der Waals surface area contributed by atoms with Gasteiger partial charge in [0.15, 0.2) is 0 Å². The van der Waals surface area contributed by atoms with E-state index in [1.54, 1.807) is 0 Å². The lowest BCUT2D eigenvalue weighted by Crippen LogP contribution is -2.38. The summed E-state index contributed by atoms with van der Waals surface area (Å²) in [6, 6.07) is 7.77. The highest BCUT2D eigenvalue weighted by Gasteiger charge is 2.59. The Morgan fingerprint density at radius 3 is 2.14 bits per heavy atom. The monoisotopic (exact) mass is 588 g/mol. The smallest absolute Gasteiger partial charge is 0.369 e. The van der Waals surface area contributed by atoms with Crippen molar-refractivity contribution < 1.29 is 38.6 Å². The van der Waals surface area contributed by atoms with E-state index in [0.717, 1.165) is 17.7 Å². The molecular formula is C22H36Cl2N2O8P2. The Labute approximate surface area is 221 Å². The van der Waals surface area contributed by atoms with E-state index in [1.165, 1.54) is 0 Å². The van der Waals surface area contributed by atoms with Crippen molar-refractivity contribution in [2.45, 2.75) is 62.5 Å². The summed E-state index contributed by atoms with van der Waals surface area (Å²) in [6.07, 6.45) is 2.89. The number of alkyl halides is 2. The average molecular weight is 589 g/mol. The minimum Gasteiger partial charge on any atom is -0.369 e. The van der Waals surface area contributed by atoms with Gasteiger partial charge in [0.25, 0.3) is 5.08 Å². The Balaban J connectivity index is 1.84. The maximum Gasteiger partial charge on any atom is 0.369 e. The normalized spacial score (nSPS) is 18.9. The van der Waals surface area contributed by atoms with Crippen LogP contribution >= 0.6 is 38.4 Å². The van der Waals surface area contributed by atoms with Gasteiger partial charge < -0.3 is 34.9 Å². The summed E-state index contributed by atoms with van der Waals surface area (Å²) < 4.78 is 23.2. The lowest BCUT2D eigenvalue weighted by Gasteiger charge is -2.31. The third kappa shape index (κ3) is 8.69. The number of carbonyl (C=O) groups is 1. The number of rotatable bonds is 15. The minimum absolute atomic E-state index is 0.0333. The molecule has 6 N–H and O–H groups in total. The van der Waals surface area contributed by atoms with Crippen molar-refractivity contribution in [1.29, 1.82) is 0 Å². The van der Waals surface area contributed by atoms with Gasteiger partial charge in [0.05, 0.1) is 0 Å². The Bertz CT molecular complexity index is 912. The number of hydrogen-bond donors (Lipinski definition) is 6. The van der Waals surface area contributed by atoms with Gasteiger partial charge in [0.2, 0.25) is 5.91 Å². The highest BCUT2D eigenvalue weighted by Crippen LogP contribution is 2.69. The molecule has 0 saturated heterocycles. The number of benzene rings is 1. The zero-order valence-corrected chi connectivity index (χ0v) is 23.3. The zero-order chi connectivity index (χ0) is 27.0. The molecule has 1 saturated carbocycles. The number of aliphatic hydroxyl groups is 1. The van der Waals surface area contributed by atoms with Crippen LogP contribution in [-0.4, -0.2) is 66.6 Å². The summed E-state index contributed by atoms with van der Waals surface area (Å²) in [7, 11) is -11.0. The molecule has 10 nitrogen and oxygen atoms in total. The minimum atomic E-state index is -5.48. The van der Waals surface area contributed by atoms with Gasteiger partial charge in [0, 0.05) is 49.4 Å². The third-order valence-electron chi connectivity index (χ3n) is 6.67. The van der Waals surface area contributed by atoms with E-state index in [0.29, 0.717) is 57.0 Å². The zero-order valence-electron chi connectivity index (χ0n) is 20.0. The van der Waals surface area contributed by atoms with E-state index in [2.05, 4.69) is 10.2 Å². The lowest BCUT2D eigenvalue weighted by molar-refractivity contribution is -0.122. The van der Waals surface area contributed by atoms with Gasteiger partial charge >= 0.3 is 15.2 Å². The summed E-state index contributed by atoms with van der Waals surface area (Å²) in [5.41, 5.74) is 2.13. The van der Waals surface area contributed by atoms with Crippen molar-refractivity contribution in [3.05, 3.63) is 29.8 Å². The van der Waals surface area contributed by atoms with E-state index < -0.39 is 26.7 Å². The second-order valence-electron chi connectivity index (χ2n) is 9.15. The van der Waals surface area contributed by atoms with Crippen LogP contribution in [0.15, 0.2) is 24.3 Å². The molecule has 2 atom stereocenters. The fourth-order valence-electron chi connectivity index (χ4n) is 4.59. The van der Waals surface area contributed by atoms with Crippen molar-refractivity contribution in [2.75, 3.05) is 29.7 Å². The van der Waals surface area contributed by atoms with Crippen molar-refractivity contribution in [3.63, 3.8) is 0 Å². The molecule has 1 aromatic carbocycles. The standard InChI is InChI=1S/C22H36Cl2N2O8P2/c23-13-15-26(16-14-24)19-9-7-17(8-10-19)3-1-6-21(27)25-20-5-2-4-18(20)11-12-22(28,35(29,30)31)36(32,33)34/h7-10,18,20,28H,1-6,11-16H2,(H,25,27)(H2,29,30,31)(H2,32,33,34). The first kappa shape index (κ1) is 31.5. The highest BCUT2D eigenvalue weighted by molar-refractivity contribution is 7.72. The van der Waals surface area contributed by atoms with Crippen molar-refractivity contribution in [1.82, 2.24) is 5.32 Å². The van der Waals surface area contributed by atoms with Crippen LogP contribution in [0, 0.1) is 5.92 Å². The van der Waals surface area contributed by atoms with Crippen LogP contribution in [0.5, 0.6) is 0 Å². The summed E-state index contributed by atoms with van der Waals surface area (Å²) >= 11 is 11.7. The fraction of sp³-hybridized carbons (Fsp3) is 0.682. The van der Waals surface area contributed by atoms with Gasteiger partial charge in [-0.3, -0.25) is 13.9 Å². The number of halogens is 2. The van der Waals surface area contributed by atoms with Gasteiger partial charge in [-0.25, -0.2) is 0 Å². The third-order valence-corrected chi connectivity index (χ3v) is 10.9. The van der Waals surface area contributed by atoms with E-state index in [-0.39, 0.29) is 24.3 Å². The topological polar surface area (TPSA) is 168 Å². The van der Waals surface area contributed by atoms with Crippen LogP contribution in [0.25, 0.3) is 0 Å². The maximum absolute atomic E-state index is 12.5. The summed E-state index contributed by atoms with van der Waals surface area (Å²) in [5, 5.41) is 9.63. The average Bonchev–Trinajstić information content (AvgIpc) is 3.23. The molecule has 14 heteroatoms. The number of amides is 1. The van der Waals surface area contributed by atoms with Crippen LogP contribution in [0.1, 0.15) is 50.5 Å². The summed E-state index contributed by atoms with van der Waals surface area (Å²) in [5.74, 6) is 0.613. The summed E-state index contributed by atoms with van der Waals surface area (Å²) in [4.78, 5) is 51.9. The van der Waals surface area contributed by atoms with Gasteiger partial charge in [-0.1, -0.05) is 18.6 Å². The Morgan fingerprint density at radius 1 is 1.03 bits per heavy atom. The molecule has 206 valence electrons. The molecule has 2 unspecified atom stereocenters. The largest absolute Gasteiger partial charge is 0.369 e. The van der Waals surface area contributed by atoms with E-state index >= 15 is 0 Å². The number of nitrogens with zero attached hydrogens (tertiary/aromatic N) is 1. The number of nitrogens with one attached hydrogen (secondary N) is 1. The molecule has 0 radical (unpaired) electrons. The molecule has 1 fully saturated rings. The van der Waals surface area contributed by atoms with E-state index in [1.807, 2.05) is 24.3 Å². The fourth-order valence-corrected chi connectivity index (χ4v) is 7.20. The van der Waals surface area contributed by atoms with Crippen LogP contribution in [0.3, 0.4) is 0 Å². The Morgan fingerprint density at radius 2 is 1.61 bits per heavy atom. The van der Waals surface area contributed by atoms with Gasteiger partial charge in [0.1, 0.15) is 0 Å². The van der Waals surface area contributed by atoms with Crippen molar-refractivity contribution in [2.24, 2.45) is 5.92 Å². The molecule has 36 heavy (non-hydrogen) atoms. The van der Waals surface area contributed by atoms with Gasteiger partial charge in [-0.2, -0.15) is 0 Å². The first-order chi connectivity index (χ1) is 16.8. The molecule has 1 aromatic rings. The maximum atomic E-state index is 12.5. The van der Waals surface area contributed by atoms with Crippen LogP contribution in [0.4, 0.5) is 5.69 Å². The molecule has 0 spiro atoms. The second kappa shape index (κ2) is 13.9. The van der Waals surface area contributed by atoms with Crippen LogP contribution in [-0.2, 0) is 20.3 Å². The van der Waals surface area contributed by atoms with Crippen LogP contribution < -0.4 is 10.2 Å². The molecular weight excluding hydrogens is 553 g/mol.